The molecule has 4 nitrogen and oxygen atoms in total. The Morgan fingerprint density at radius 3 is 2.38 bits per heavy atom. The van der Waals surface area contributed by atoms with Crippen LogP contribution in [-0.4, -0.2) is 30.8 Å². The van der Waals surface area contributed by atoms with Gasteiger partial charge in [0.2, 0.25) is 0 Å². The van der Waals surface area contributed by atoms with Gasteiger partial charge >= 0.3 is 0 Å². The number of benzene rings is 1. The number of rotatable bonds is 9. The van der Waals surface area contributed by atoms with Gasteiger partial charge in [-0.05, 0) is 43.2 Å². The molecule has 1 rings (SSSR count). The lowest BCUT2D eigenvalue weighted by molar-refractivity contribution is 0.169. The first kappa shape index (κ1) is 23.5. The number of aliphatic hydroxyl groups excluding tert-OH is 1. The summed E-state index contributed by atoms with van der Waals surface area (Å²) in [6, 6.07) is 7.76. The molecule has 0 aliphatic heterocycles. The fraction of sp³-hybridized carbons (Fsp3) is 0.611. The van der Waals surface area contributed by atoms with Crippen LogP contribution < -0.4 is 10.6 Å². The third kappa shape index (κ3) is 7.57. The first-order valence-corrected chi connectivity index (χ1v) is 8.85. The minimum atomic E-state index is 0. The molecule has 0 radical (unpaired) electrons. The second kappa shape index (κ2) is 12.8. The molecule has 0 spiro atoms. The number of hydrogen-bond donors (Lipinski definition) is 3. The summed E-state index contributed by atoms with van der Waals surface area (Å²) in [6.07, 6.45) is 2.86. The van der Waals surface area contributed by atoms with Crippen molar-refractivity contribution in [1.29, 1.82) is 0 Å². The van der Waals surface area contributed by atoms with E-state index in [1.807, 2.05) is 31.2 Å². The Kier molecular flexibility index (Phi) is 12.5. The summed E-state index contributed by atoms with van der Waals surface area (Å²) in [5.74, 6) is 0.789. The summed E-state index contributed by atoms with van der Waals surface area (Å²) in [6.45, 7) is 8.77. The van der Waals surface area contributed by atoms with Crippen LogP contribution in [-0.2, 0) is 6.54 Å². The molecule has 0 atom stereocenters. The van der Waals surface area contributed by atoms with Gasteiger partial charge in [-0.1, -0.05) is 43.6 Å². The highest BCUT2D eigenvalue weighted by molar-refractivity contribution is 14.0. The molecule has 24 heavy (non-hydrogen) atoms. The largest absolute Gasteiger partial charge is 0.396 e. The molecular weight excluding hydrogens is 437 g/mol. The zero-order valence-corrected chi connectivity index (χ0v) is 18.0. The van der Waals surface area contributed by atoms with Gasteiger partial charge in [-0.15, -0.1) is 24.0 Å². The zero-order valence-electron chi connectivity index (χ0n) is 14.9. The molecule has 1 aromatic carbocycles. The van der Waals surface area contributed by atoms with Gasteiger partial charge in [0, 0.05) is 24.7 Å². The van der Waals surface area contributed by atoms with Crippen molar-refractivity contribution in [1.82, 2.24) is 10.6 Å². The number of guanidine groups is 1. The van der Waals surface area contributed by atoms with E-state index in [0.717, 1.165) is 48.9 Å². The fourth-order valence-corrected chi connectivity index (χ4v) is 2.78. The molecule has 3 N–H and O–H groups in total. The van der Waals surface area contributed by atoms with E-state index in [1.54, 1.807) is 0 Å². The highest BCUT2D eigenvalue weighted by atomic mass is 127. The van der Waals surface area contributed by atoms with E-state index in [0.29, 0.717) is 6.54 Å². The Labute approximate surface area is 168 Å². The third-order valence-electron chi connectivity index (χ3n) is 4.48. The molecule has 1 aromatic rings. The maximum atomic E-state index is 9.33. The number of hydrogen-bond acceptors (Lipinski definition) is 2. The second-order valence-electron chi connectivity index (χ2n) is 5.82. The van der Waals surface area contributed by atoms with Gasteiger partial charge in [0.15, 0.2) is 5.96 Å². The van der Waals surface area contributed by atoms with Crippen LogP contribution in [0.3, 0.4) is 0 Å². The molecule has 138 valence electrons. The Hall–Kier alpha value is -0.530. The Bertz CT molecular complexity index is 493. The van der Waals surface area contributed by atoms with Crippen molar-refractivity contribution in [2.24, 2.45) is 10.4 Å². The van der Waals surface area contributed by atoms with Crippen LogP contribution >= 0.6 is 35.6 Å². The van der Waals surface area contributed by atoms with Crippen molar-refractivity contribution in [3.05, 3.63) is 34.9 Å². The summed E-state index contributed by atoms with van der Waals surface area (Å²) in [5, 5.41) is 16.8. The molecule has 0 aromatic heterocycles. The molecule has 0 aliphatic carbocycles. The normalized spacial score (nSPS) is 11.8. The smallest absolute Gasteiger partial charge is 0.191 e. The molecular formula is C18H31ClIN3O. The molecule has 0 fully saturated rings. The SMILES string of the molecule is CCNC(=NCc1ccccc1Cl)NCC(CC)(CC)CCO.I. The number of halogens is 2. The molecule has 0 heterocycles. The first-order chi connectivity index (χ1) is 11.1. The van der Waals surface area contributed by atoms with Crippen LogP contribution in [0, 0.1) is 5.41 Å². The lowest BCUT2D eigenvalue weighted by Crippen LogP contribution is -2.43. The third-order valence-corrected chi connectivity index (χ3v) is 4.85. The van der Waals surface area contributed by atoms with Crippen LogP contribution in [0.2, 0.25) is 5.02 Å². The predicted octanol–water partition coefficient (Wildman–Crippen LogP) is 4.20. The fourth-order valence-electron chi connectivity index (χ4n) is 2.58. The molecule has 0 saturated carbocycles. The Balaban J connectivity index is 0.00000529. The number of nitrogens with one attached hydrogen (secondary N) is 2. The van der Waals surface area contributed by atoms with E-state index >= 15 is 0 Å². The average Bonchev–Trinajstić information content (AvgIpc) is 2.57. The van der Waals surface area contributed by atoms with E-state index < -0.39 is 0 Å². The maximum absolute atomic E-state index is 9.33. The maximum Gasteiger partial charge on any atom is 0.191 e. The lowest BCUT2D eigenvalue weighted by atomic mass is 9.79. The minimum absolute atomic E-state index is 0. The summed E-state index contributed by atoms with van der Waals surface area (Å²) >= 11 is 6.18. The molecule has 0 saturated heterocycles. The Morgan fingerprint density at radius 1 is 1.17 bits per heavy atom. The highest BCUT2D eigenvalue weighted by Crippen LogP contribution is 2.29. The monoisotopic (exact) mass is 467 g/mol. The van der Waals surface area contributed by atoms with E-state index in [9.17, 15) is 5.11 Å². The van der Waals surface area contributed by atoms with Gasteiger partial charge in [0.05, 0.1) is 6.54 Å². The van der Waals surface area contributed by atoms with E-state index in [4.69, 9.17) is 11.6 Å². The van der Waals surface area contributed by atoms with Crippen LogP contribution in [0.15, 0.2) is 29.3 Å². The van der Waals surface area contributed by atoms with Gasteiger partial charge in [0.25, 0.3) is 0 Å². The quantitative estimate of drug-likeness (QED) is 0.290. The standard InChI is InChI=1S/C18H30ClN3O.HI/c1-4-18(5-2,11-12-23)14-22-17(20-6-3)21-13-15-9-7-8-10-16(15)19;/h7-10,23H,4-6,11-14H2,1-3H3,(H2,20,21,22);1H. The topological polar surface area (TPSA) is 56.7 Å². The minimum Gasteiger partial charge on any atom is -0.396 e. The van der Waals surface area contributed by atoms with Gasteiger partial charge in [0.1, 0.15) is 0 Å². The summed E-state index contributed by atoms with van der Waals surface area (Å²) < 4.78 is 0. The Morgan fingerprint density at radius 2 is 1.83 bits per heavy atom. The second-order valence-corrected chi connectivity index (χ2v) is 6.23. The van der Waals surface area contributed by atoms with Crippen molar-refractivity contribution >= 4 is 41.5 Å². The van der Waals surface area contributed by atoms with Crippen LogP contribution in [0.5, 0.6) is 0 Å². The van der Waals surface area contributed by atoms with Crippen molar-refractivity contribution in [2.75, 3.05) is 19.7 Å². The average molecular weight is 468 g/mol. The lowest BCUT2D eigenvalue weighted by Gasteiger charge is -2.32. The molecule has 0 amide bonds. The summed E-state index contributed by atoms with van der Waals surface area (Å²) in [5.41, 5.74) is 1.12. The first-order valence-electron chi connectivity index (χ1n) is 8.47. The number of aliphatic imine (C=N–C) groups is 1. The van der Waals surface area contributed by atoms with Crippen LogP contribution in [0.4, 0.5) is 0 Å². The van der Waals surface area contributed by atoms with E-state index in [-0.39, 0.29) is 36.0 Å². The number of aliphatic hydroxyl groups is 1. The van der Waals surface area contributed by atoms with Crippen molar-refractivity contribution < 1.29 is 5.11 Å². The van der Waals surface area contributed by atoms with Crippen LogP contribution in [0.25, 0.3) is 0 Å². The van der Waals surface area contributed by atoms with Gasteiger partial charge in [-0.3, -0.25) is 0 Å². The van der Waals surface area contributed by atoms with Crippen molar-refractivity contribution in [3.8, 4) is 0 Å². The highest BCUT2D eigenvalue weighted by Gasteiger charge is 2.25. The summed E-state index contributed by atoms with van der Waals surface area (Å²) in [7, 11) is 0. The van der Waals surface area contributed by atoms with Gasteiger partial charge in [-0.25, -0.2) is 4.99 Å². The summed E-state index contributed by atoms with van der Waals surface area (Å²) in [4.78, 5) is 4.62. The zero-order chi connectivity index (χ0) is 17.1. The molecule has 0 bridgehead atoms. The molecule has 0 unspecified atom stereocenters. The molecule has 0 aliphatic rings. The van der Waals surface area contributed by atoms with E-state index in [1.165, 1.54) is 0 Å². The van der Waals surface area contributed by atoms with Gasteiger partial charge in [-0.2, -0.15) is 0 Å². The van der Waals surface area contributed by atoms with Crippen molar-refractivity contribution in [2.45, 2.75) is 46.6 Å². The number of nitrogens with zero attached hydrogens (tertiary/aromatic N) is 1. The van der Waals surface area contributed by atoms with Gasteiger partial charge < -0.3 is 15.7 Å². The van der Waals surface area contributed by atoms with E-state index in [2.05, 4.69) is 29.5 Å². The van der Waals surface area contributed by atoms with Crippen molar-refractivity contribution in [3.63, 3.8) is 0 Å². The predicted molar refractivity (Wildman–Crippen MR) is 114 cm³/mol. The van der Waals surface area contributed by atoms with Crippen LogP contribution in [0.1, 0.15) is 45.6 Å². The molecule has 6 heteroatoms.